The molecule has 1 fully saturated rings. The molecule has 0 radical (unpaired) electrons. The molecule has 0 spiro atoms. The Kier molecular flexibility index (Phi) is 3.79. The third kappa shape index (κ3) is 2.94. The molecule has 104 valence electrons. The van der Waals surface area contributed by atoms with E-state index in [0.717, 1.165) is 31.9 Å². The zero-order chi connectivity index (χ0) is 13.1. The molecule has 0 unspecified atom stereocenters. The van der Waals surface area contributed by atoms with Crippen molar-refractivity contribution in [2.24, 2.45) is 5.41 Å². The highest BCUT2D eigenvalue weighted by Crippen LogP contribution is 2.37. The quantitative estimate of drug-likeness (QED) is 0.894. The maximum atomic E-state index is 6.21. The zero-order valence-corrected chi connectivity index (χ0v) is 12.0. The van der Waals surface area contributed by atoms with Crippen LogP contribution in [-0.4, -0.2) is 13.2 Å². The molecule has 1 aromatic carbocycles. The predicted octanol–water partition coefficient (Wildman–Crippen LogP) is 3.68. The van der Waals surface area contributed by atoms with Crippen LogP contribution in [-0.2, 0) is 13.0 Å². The molecule has 1 aliphatic carbocycles. The van der Waals surface area contributed by atoms with Gasteiger partial charge in [0.2, 0.25) is 0 Å². The SMILES string of the molecule is CC1(COc2cccc3c2CNCC3)CCCCC1. The summed E-state index contributed by atoms with van der Waals surface area (Å²) in [4.78, 5) is 0. The number of benzene rings is 1. The van der Waals surface area contributed by atoms with Gasteiger partial charge in [0.15, 0.2) is 0 Å². The highest BCUT2D eigenvalue weighted by molar-refractivity contribution is 5.41. The van der Waals surface area contributed by atoms with E-state index in [1.165, 1.54) is 43.2 Å². The molecule has 3 rings (SSSR count). The molecule has 2 heteroatoms. The van der Waals surface area contributed by atoms with Crippen LogP contribution in [0.3, 0.4) is 0 Å². The summed E-state index contributed by atoms with van der Waals surface area (Å²) in [7, 11) is 0. The van der Waals surface area contributed by atoms with Crippen molar-refractivity contribution in [3.8, 4) is 5.75 Å². The maximum absolute atomic E-state index is 6.21. The molecular formula is C17H25NO. The number of hydrogen-bond donors (Lipinski definition) is 1. The van der Waals surface area contributed by atoms with Gasteiger partial charge in [0.25, 0.3) is 0 Å². The lowest BCUT2D eigenvalue weighted by molar-refractivity contribution is 0.115. The standard InChI is InChI=1S/C17H25NO/c1-17(9-3-2-4-10-17)13-19-16-7-5-6-14-8-11-18-12-15(14)16/h5-7,18H,2-4,8-13H2,1H3. The molecule has 1 heterocycles. The van der Waals surface area contributed by atoms with Gasteiger partial charge in [0.1, 0.15) is 5.75 Å². The first-order chi connectivity index (χ1) is 9.27. The predicted molar refractivity (Wildman–Crippen MR) is 78.5 cm³/mol. The fourth-order valence-corrected chi connectivity index (χ4v) is 3.42. The van der Waals surface area contributed by atoms with Crippen LogP contribution in [0.25, 0.3) is 0 Å². The van der Waals surface area contributed by atoms with Gasteiger partial charge in [0.05, 0.1) is 6.61 Å². The van der Waals surface area contributed by atoms with Crippen LogP contribution >= 0.6 is 0 Å². The molecular weight excluding hydrogens is 234 g/mol. The Morgan fingerprint density at radius 3 is 2.89 bits per heavy atom. The van der Waals surface area contributed by atoms with Crippen LogP contribution in [0, 0.1) is 5.41 Å². The van der Waals surface area contributed by atoms with Crippen molar-refractivity contribution in [2.75, 3.05) is 13.2 Å². The number of rotatable bonds is 3. The summed E-state index contributed by atoms with van der Waals surface area (Å²) in [5.41, 5.74) is 3.24. The Morgan fingerprint density at radius 2 is 2.05 bits per heavy atom. The van der Waals surface area contributed by atoms with Crippen LogP contribution < -0.4 is 10.1 Å². The van der Waals surface area contributed by atoms with Crippen LogP contribution in [0.5, 0.6) is 5.75 Å². The second kappa shape index (κ2) is 5.54. The molecule has 2 nitrogen and oxygen atoms in total. The Bertz CT molecular complexity index is 435. The smallest absolute Gasteiger partial charge is 0.124 e. The first-order valence-corrected chi connectivity index (χ1v) is 7.71. The average molecular weight is 259 g/mol. The van der Waals surface area contributed by atoms with Gasteiger partial charge < -0.3 is 10.1 Å². The molecule has 0 saturated heterocycles. The van der Waals surface area contributed by atoms with Crippen molar-refractivity contribution in [3.05, 3.63) is 29.3 Å². The van der Waals surface area contributed by atoms with E-state index < -0.39 is 0 Å². The van der Waals surface area contributed by atoms with Gasteiger partial charge >= 0.3 is 0 Å². The van der Waals surface area contributed by atoms with E-state index in [2.05, 4.69) is 30.4 Å². The van der Waals surface area contributed by atoms with Crippen molar-refractivity contribution in [1.29, 1.82) is 0 Å². The monoisotopic (exact) mass is 259 g/mol. The van der Waals surface area contributed by atoms with Gasteiger partial charge in [-0.3, -0.25) is 0 Å². The van der Waals surface area contributed by atoms with Crippen LogP contribution in [0.1, 0.15) is 50.2 Å². The molecule has 1 aromatic rings. The van der Waals surface area contributed by atoms with E-state index in [9.17, 15) is 0 Å². The largest absolute Gasteiger partial charge is 0.493 e. The van der Waals surface area contributed by atoms with E-state index in [-0.39, 0.29) is 0 Å². The zero-order valence-electron chi connectivity index (χ0n) is 12.0. The second-order valence-electron chi connectivity index (χ2n) is 6.48. The summed E-state index contributed by atoms with van der Waals surface area (Å²) in [6.45, 7) is 5.32. The lowest BCUT2D eigenvalue weighted by Gasteiger charge is -2.33. The van der Waals surface area contributed by atoms with Crippen LogP contribution in [0.15, 0.2) is 18.2 Å². The Balaban J connectivity index is 1.69. The first-order valence-electron chi connectivity index (χ1n) is 7.71. The number of nitrogens with one attached hydrogen (secondary N) is 1. The van der Waals surface area contributed by atoms with Gasteiger partial charge in [-0.2, -0.15) is 0 Å². The van der Waals surface area contributed by atoms with Crippen molar-refractivity contribution in [1.82, 2.24) is 5.32 Å². The summed E-state index contributed by atoms with van der Waals surface area (Å²) in [6, 6.07) is 6.52. The molecule has 0 aromatic heterocycles. The molecule has 2 aliphatic rings. The summed E-state index contributed by atoms with van der Waals surface area (Å²) < 4.78 is 6.21. The van der Waals surface area contributed by atoms with Crippen molar-refractivity contribution >= 4 is 0 Å². The van der Waals surface area contributed by atoms with E-state index >= 15 is 0 Å². The third-order valence-corrected chi connectivity index (χ3v) is 4.74. The van der Waals surface area contributed by atoms with Gasteiger partial charge in [-0.25, -0.2) is 0 Å². The van der Waals surface area contributed by atoms with Gasteiger partial charge in [0, 0.05) is 17.5 Å². The van der Waals surface area contributed by atoms with Crippen molar-refractivity contribution in [3.63, 3.8) is 0 Å². The van der Waals surface area contributed by atoms with Crippen molar-refractivity contribution in [2.45, 2.75) is 52.0 Å². The minimum atomic E-state index is 0.392. The van der Waals surface area contributed by atoms with E-state index in [1.807, 2.05) is 0 Å². The number of hydrogen-bond acceptors (Lipinski definition) is 2. The summed E-state index contributed by atoms with van der Waals surface area (Å²) in [5.74, 6) is 1.11. The fraction of sp³-hybridized carbons (Fsp3) is 0.647. The lowest BCUT2D eigenvalue weighted by Crippen LogP contribution is -2.29. The molecule has 0 amide bonds. The highest BCUT2D eigenvalue weighted by atomic mass is 16.5. The Morgan fingerprint density at radius 1 is 1.21 bits per heavy atom. The van der Waals surface area contributed by atoms with Crippen molar-refractivity contribution < 1.29 is 4.74 Å². The second-order valence-corrected chi connectivity index (χ2v) is 6.48. The Labute approximate surface area is 116 Å². The third-order valence-electron chi connectivity index (χ3n) is 4.74. The molecule has 1 N–H and O–H groups in total. The van der Waals surface area contributed by atoms with Gasteiger partial charge in [-0.1, -0.05) is 38.3 Å². The minimum Gasteiger partial charge on any atom is -0.493 e. The van der Waals surface area contributed by atoms with Gasteiger partial charge in [-0.15, -0.1) is 0 Å². The topological polar surface area (TPSA) is 21.3 Å². The normalized spacial score (nSPS) is 21.7. The average Bonchev–Trinajstić information content (AvgIpc) is 2.46. The minimum absolute atomic E-state index is 0.392. The summed E-state index contributed by atoms with van der Waals surface area (Å²) in [5, 5.41) is 3.45. The van der Waals surface area contributed by atoms with E-state index in [4.69, 9.17) is 4.74 Å². The molecule has 1 saturated carbocycles. The maximum Gasteiger partial charge on any atom is 0.124 e. The molecule has 0 atom stereocenters. The van der Waals surface area contributed by atoms with Crippen LogP contribution in [0.4, 0.5) is 0 Å². The summed E-state index contributed by atoms with van der Waals surface area (Å²) >= 11 is 0. The Hall–Kier alpha value is -1.02. The lowest BCUT2D eigenvalue weighted by atomic mass is 9.76. The van der Waals surface area contributed by atoms with Crippen LogP contribution in [0.2, 0.25) is 0 Å². The molecule has 0 bridgehead atoms. The molecule has 19 heavy (non-hydrogen) atoms. The summed E-state index contributed by atoms with van der Waals surface area (Å²) in [6.07, 6.45) is 7.91. The van der Waals surface area contributed by atoms with Gasteiger partial charge in [-0.05, 0) is 37.4 Å². The number of fused-ring (bicyclic) bond motifs is 1. The number of ether oxygens (including phenoxy) is 1. The van der Waals surface area contributed by atoms with E-state index in [1.54, 1.807) is 0 Å². The highest BCUT2D eigenvalue weighted by Gasteiger charge is 2.28. The fourth-order valence-electron chi connectivity index (χ4n) is 3.42. The van der Waals surface area contributed by atoms with E-state index in [0.29, 0.717) is 5.41 Å². The first kappa shape index (κ1) is 13.0. The molecule has 1 aliphatic heterocycles.